The molecule has 4 heterocycles. The van der Waals surface area contributed by atoms with Crippen molar-refractivity contribution >= 4 is 16.6 Å². The van der Waals surface area contributed by atoms with Gasteiger partial charge in [0.2, 0.25) is 0 Å². The van der Waals surface area contributed by atoms with Gasteiger partial charge >= 0.3 is 0 Å². The van der Waals surface area contributed by atoms with Gasteiger partial charge in [-0.25, -0.2) is 9.50 Å². The SMILES string of the molecule is CC(Cc1cnc2c(cnn2C)c1)c1cc2ccccn2n1. The minimum Gasteiger partial charge on any atom is -0.250 e. The fraction of sp³-hybridized carbons (Fsp3) is 0.235. The molecule has 5 nitrogen and oxygen atoms in total. The van der Waals surface area contributed by atoms with E-state index < -0.39 is 0 Å². The number of pyridine rings is 2. The first-order valence-corrected chi connectivity index (χ1v) is 7.41. The van der Waals surface area contributed by atoms with E-state index in [0.717, 1.165) is 28.7 Å². The van der Waals surface area contributed by atoms with Gasteiger partial charge in [-0.05, 0) is 36.2 Å². The van der Waals surface area contributed by atoms with Crippen LogP contribution in [0.4, 0.5) is 0 Å². The van der Waals surface area contributed by atoms with Gasteiger partial charge in [0, 0.05) is 30.7 Å². The molecule has 4 aromatic heterocycles. The molecule has 0 fully saturated rings. The molecule has 0 saturated carbocycles. The predicted molar refractivity (Wildman–Crippen MR) is 85.8 cm³/mol. The Bertz CT molecular complexity index is 917. The van der Waals surface area contributed by atoms with Crippen molar-refractivity contribution in [3.8, 4) is 0 Å². The van der Waals surface area contributed by atoms with E-state index in [-0.39, 0.29) is 0 Å². The molecule has 22 heavy (non-hydrogen) atoms. The van der Waals surface area contributed by atoms with Gasteiger partial charge in [-0.15, -0.1) is 0 Å². The molecule has 0 aromatic carbocycles. The fourth-order valence-corrected chi connectivity index (χ4v) is 2.86. The Labute approximate surface area is 128 Å². The summed E-state index contributed by atoms with van der Waals surface area (Å²) in [5.41, 5.74) is 4.37. The third-order valence-electron chi connectivity index (χ3n) is 4.06. The van der Waals surface area contributed by atoms with Gasteiger partial charge in [0.1, 0.15) is 0 Å². The molecule has 0 spiro atoms. The van der Waals surface area contributed by atoms with Crippen LogP contribution in [-0.2, 0) is 13.5 Å². The second kappa shape index (κ2) is 4.94. The first-order chi connectivity index (χ1) is 10.7. The summed E-state index contributed by atoms with van der Waals surface area (Å²) in [6.45, 7) is 2.20. The molecule has 4 aromatic rings. The van der Waals surface area contributed by atoms with Crippen molar-refractivity contribution in [2.75, 3.05) is 0 Å². The van der Waals surface area contributed by atoms with Crippen LogP contribution >= 0.6 is 0 Å². The van der Waals surface area contributed by atoms with E-state index in [1.807, 2.05) is 42.3 Å². The first-order valence-electron chi connectivity index (χ1n) is 7.41. The zero-order chi connectivity index (χ0) is 15.1. The van der Waals surface area contributed by atoms with Crippen LogP contribution in [0.1, 0.15) is 24.1 Å². The van der Waals surface area contributed by atoms with E-state index in [0.29, 0.717) is 5.92 Å². The van der Waals surface area contributed by atoms with Crippen molar-refractivity contribution in [3.63, 3.8) is 0 Å². The lowest BCUT2D eigenvalue weighted by molar-refractivity contribution is 0.713. The van der Waals surface area contributed by atoms with E-state index in [2.05, 4.69) is 40.3 Å². The molecular weight excluding hydrogens is 274 g/mol. The third kappa shape index (κ3) is 2.15. The lowest BCUT2D eigenvalue weighted by Gasteiger charge is -2.08. The molecule has 0 aliphatic heterocycles. The van der Waals surface area contributed by atoms with Crippen LogP contribution in [0.15, 0.2) is 48.9 Å². The number of nitrogens with zero attached hydrogens (tertiary/aromatic N) is 5. The van der Waals surface area contributed by atoms with Crippen molar-refractivity contribution in [2.45, 2.75) is 19.3 Å². The van der Waals surface area contributed by atoms with E-state index in [9.17, 15) is 0 Å². The molecule has 0 radical (unpaired) electrons. The van der Waals surface area contributed by atoms with Gasteiger partial charge in [-0.1, -0.05) is 13.0 Å². The largest absolute Gasteiger partial charge is 0.250 e. The summed E-state index contributed by atoms with van der Waals surface area (Å²) in [6.07, 6.45) is 6.70. The highest BCUT2D eigenvalue weighted by Gasteiger charge is 2.12. The molecule has 0 saturated heterocycles. The highest BCUT2D eigenvalue weighted by atomic mass is 15.3. The molecule has 0 amide bonds. The van der Waals surface area contributed by atoms with Gasteiger partial charge in [0.05, 0.1) is 17.4 Å². The van der Waals surface area contributed by atoms with Crippen LogP contribution < -0.4 is 0 Å². The predicted octanol–water partition coefficient (Wildman–Crippen LogP) is 2.96. The average molecular weight is 291 g/mol. The van der Waals surface area contributed by atoms with Gasteiger partial charge < -0.3 is 0 Å². The maximum atomic E-state index is 4.66. The maximum absolute atomic E-state index is 4.66. The summed E-state index contributed by atoms with van der Waals surface area (Å²) in [6, 6.07) is 10.4. The number of rotatable bonds is 3. The number of hydrogen-bond donors (Lipinski definition) is 0. The van der Waals surface area contributed by atoms with Crippen LogP contribution in [-0.4, -0.2) is 24.4 Å². The summed E-state index contributed by atoms with van der Waals surface area (Å²) >= 11 is 0. The summed E-state index contributed by atoms with van der Waals surface area (Å²) in [7, 11) is 1.91. The van der Waals surface area contributed by atoms with E-state index in [4.69, 9.17) is 0 Å². The van der Waals surface area contributed by atoms with Gasteiger partial charge in [0.15, 0.2) is 5.65 Å². The third-order valence-corrected chi connectivity index (χ3v) is 4.06. The van der Waals surface area contributed by atoms with Crippen molar-refractivity contribution in [1.29, 1.82) is 0 Å². The normalized spacial score (nSPS) is 13.0. The number of hydrogen-bond acceptors (Lipinski definition) is 3. The summed E-state index contributed by atoms with van der Waals surface area (Å²) in [5, 5.41) is 9.98. The fourth-order valence-electron chi connectivity index (χ4n) is 2.86. The molecular formula is C17H17N5. The monoisotopic (exact) mass is 291 g/mol. The Morgan fingerprint density at radius 1 is 1.18 bits per heavy atom. The summed E-state index contributed by atoms with van der Waals surface area (Å²) in [5.74, 6) is 0.343. The summed E-state index contributed by atoms with van der Waals surface area (Å²) < 4.78 is 3.72. The van der Waals surface area contributed by atoms with Crippen molar-refractivity contribution < 1.29 is 0 Å². The Hall–Kier alpha value is -2.69. The summed E-state index contributed by atoms with van der Waals surface area (Å²) in [4.78, 5) is 4.51. The standard InChI is InChI=1S/C17H17N5/c1-12(16-9-15-5-3-4-6-22(15)20-16)7-13-8-14-11-19-21(2)17(14)18-10-13/h3-6,8-12H,7H2,1-2H3. The molecule has 1 unspecified atom stereocenters. The van der Waals surface area contributed by atoms with Crippen molar-refractivity contribution in [3.05, 3.63) is 60.2 Å². The van der Waals surface area contributed by atoms with Crippen LogP contribution in [0.2, 0.25) is 0 Å². The molecule has 0 N–H and O–H groups in total. The van der Waals surface area contributed by atoms with Crippen LogP contribution in [0.25, 0.3) is 16.6 Å². The number of aryl methyl sites for hydroxylation is 1. The Balaban J connectivity index is 1.63. The highest BCUT2D eigenvalue weighted by Crippen LogP contribution is 2.22. The van der Waals surface area contributed by atoms with Crippen LogP contribution in [0, 0.1) is 0 Å². The van der Waals surface area contributed by atoms with Crippen LogP contribution in [0.3, 0.4) is 0 Å². The minimum absolute atomic E-state index is 0.343. The second-order valence-electron chi connectivity index (χ2n) is 5.77. The van der Waals surface area contributed by atoms with Gasteiger partial charge in [0.25, 0.3) is 0 Å². The van der Waals surface area contributed by atoms with Crippen molar-refractivity contribution in [1.82, 2.24) is 24.4 Å². The first kappa shape index (κ1) is 13.0. The van der Waals surface area contributed by atoms with Crippen molar-refractivity contribution in [2.24, 2.45) is 7.05 Å². The number of fused-ring (bicyclic) bond motifs is 2. The minimum atomic E-state index is 0.343. The maximum Gasteiger partial charge on any atom is 0.157 e. The number of aromatic nitrogens is 5. The highest BCUT2D eigenvalue weighted by molar-refractivity contribution is 5.74. The second-order valence-corrected chi connectivity index (χ2v) is 5.77. The molecule has 110 valence electrons. The van der Waals surface area contributed by atoms with E-state index in [1.165, 1.54) is 5.56 Å². The molecule has 0 bridgehead atoms. The Morgan fingerprint density at radius 2 is 2.09 bits per heavy atom. The van der Waals surface area contributed by atoms with Gasteiger partial charge in [-0.3, -0.25) is 4.68 Å². The van der Waals surface area contributed by atoms with E-state index in [1.54, 1.807) is 4.68 Å². The lowest BCUT2D eigenvalue weighted by atomic mass is 9.99. The zero-order valence-corrected chi connectivity index (χ0v) is 12.6. The average Bonchev–Trinajstić information content (AvgIpc) is 3.11. The topological polar surface area (TPSA) is 48.0 Å². The molecule has 5 heteroatoms. The molecule has 1 atom stereocenters. The zero-order valence-electron chi connectivity index (χ0n) is 12.6. The Morgan fingerprint density at radius 3 is 2.95 bits per heavy atom. The molecule has 4 rings (SSSR count). The smallest absolute Gasteiger partial charge is 0.157 e. The lowest BCUT2D eigenvalue weighted by Crippen LogP contribution is -2.01. The quantitative estimate of drug-likeness (QED) is 0.583. The molecule has 0 aliphatic rings. The Kier molecular flexibility index (Phi) is 2.92. The van der Waals surface area contributed by atoms with Crippen LogP contribution in [0.5, 0.6) is 0 Å². The molecule has 0 aliphatic carbocycles. The van der Waals surface area contributed by atoms with Gasteiger partial charge in [-0.2, -0.15) is 10.2 Å². The van der Waals surface area contributed by atoms with E-state index >= 15 is 0 Å².